The molecule has 0 aromatic carbocycles. The van der Waals surface area contributed by atoms with Crippen molar-refractivity contribution in [3.8, 4) is 0 Å². The first-order valence-electron chi connectivity index (χ1n) is 4.81. The average molecular weight is 241 g/mol. The van der Waals surface area contributed by atoms with Gasteiger partial charge in [-0.25, -0.2) is 4.98 Å². The Morgan fingerprint density at radius 3 is 2.81 bits per heavy atom. The minimum absolute atomic E-state index is 0.220. The number of anilines is 1. The van der Waals surface area contributed by atoms with E-state index in [9.17, 15) is 9.00 Å². The predicted octanol–water partition coefficient (Wildman–Crippen LogP) is 0.0805. The van der Waals surface area contributed by atoms with Crippen LogP contribution in [0.4, 0.5) is 5.82 Å². The van der Waals surface area contributed by atoms with E-state index in [2.05, 4.69) is 10.3 Å². The summed E-state index contributed by atoms with van der Waals surface area (Å²) in [5, 5.41) is 2.67. The molecule has 0 aliphatic heterocycles. The molecule has 6 heteroatoms. The summed E-state index contributed by atoms with van der Waals surface area (Å²) in [4.78, 5) is 15.6. The smallest absolute Gasteiger partial charge is 0.251 e. The number of nitrogens with one attached hydrogen (secondary N) is 1. The minimum Gasteiger partial charge on any atom is -0.384 e. The van der Waals surface area contributed by atoms with Gasteiger partial charge in [-0.2, -0.15) is 0 Å². The van der Waals surface area contributed by atoms with Gasteiger partial charge in [-0.05, 0) is 19.1 Å². The lowest BCUT2D eigenvalue weighted by molar-refractivity contribution is 0.0956. The van der Waals surface area contributed by atoms with Crippen molar-refractivity contribution < 1.29 is 9.00 Å². The summed E-state index contributed by atoms with van der Waals surface area (Å²) in [6.07, 6.45) is 1.60. The number of aromatic nitrogens is 1. The Morgan fingerprint density at radius 1 is 1.56 bits per heavy atom. The zero-order valence-electron chi connectivity index (χ0n) is 9.32. The molecular weight excluding hydrogens is 226 g/mol. The van der Waals surface area contributed by atoms with Crippen molar-refractivity contribution in [3.63, 3.8) is 0 Å². The molecule has 3 N–H and O–H groups in total. The van der Waals surface area contributed by atoms with Crippen molar-refractivity contribution >= 4 is 22.5 Å². The van der Waals surface area contributed by atoms with E-state index in [0.717, 1.165) is 0 Å². The number of rotatable bonds is 4. The van der Waals surface area contributed by atoms with Crippen molar-refractivity contribution in [2.24, 2.45) is 0 Å². The second kappa shape index (κ2) is 5.60. The lowest BCUT2D eigenvalue weighted by Gasteiger charge is -2.05. The van der Waals surface area contributed by atoms with Gasteiger partial charge in [0.15, 0.2) is 0 Å². The van der Waals surface area contributed by atoms with Crippen LogP contribution in [-0.2, 0) is 10.8 Å². The molecule has 1 aromatic rings. The fourth-order valence-corrected chi connectivity index (χ4v) is 1.63. The van der Waals surface area contributed by atoms with Crippen LogP contribution in [0.5, 0.6) is 0 Å². The number of nitrogens with two attached hydrogens (primary N) is 1. The third kappa shape index (κ3) is 3.98. The molecular formula is C10H15N3O2S. The zero-order chi connectivity index (χ0) is 12.1. The molecule has 0 fully saturated rings. The second-order valence-electron chi connectivity index (χ2n) is 3.46. The van der Waals surface area contributed by atoms with Crippen LogP contribution in [0, 0.1) is 6.92 Å². The van der Waals surface area contributed by atoms with Gasteiger partial charge in [0, 0.05) is 40.6 Å². The van der Waals surface area contributed by atoms with E-state index in [1.54, 1.807) is 19.2 Å². The van der Waals surface area contributed by atoms with Gasteiger partial charge in [-0.1, -0.05) is 0 Å². The molecule has 0 aliphatic rings. The summed E-state index contributed by atoms with van der Waals surface area (Å²) < 4.78 is 10.8. The van der Waals surface area contributed by atoms with E-state index in [-0.39, 0.29) is 5.91 Å². The first kappa shape index (κ1) is 12.6. The highest BCUT2D eigenvalue weighted by Crippen LogP contribution is 2.06. The van der Waals surface area contributed by atoms with Gasteiger partial charge < -0.3 is 11.1 Å². The first-order valence-corrected chi connectivity index (χ1v) is 6.54. The number of carbonyl (C=O) groups is 1. The highest BCUT2D eigenvalue weighted by atomic mass is 32.2. The maximum atomic E-state index is 11.6. The van der Waals surface area contributed by atoms with E-state index in [4.69, 9.17) is 5.73 Å². The predicted molar refractivity (Wildman–Crippen MR) is 64.7 cm³/mol. The highest BCUT2D eigenvalue weighted by molar-refractivity contribution is 7.84. The number of hydrogen-bond acceptors (Lipinski definition) is 4. The molecule has 0 spiro atoms. The summed E-state index contributed by atoms with van der Waals surface area (Å²) in [5.74, 6) is 0.553. The fraction of sp³-hybridized carbons (Fsp3) is 0.400. The monoisotopic (exact) mass is 241 g/mol. The van der Waals surface area contributed by atoms with Gasteiger partial charge in [-0.15, -0.1) is 0 Å². The molecule has 1 unspecified atom stereocenters. The van der Waals surface area contributed by atoms with Crippen LogP contribution in [0.15, 0.2) is 12.1 Å². The van der Waals surface area contributed by atoms with Crippen LogP contribution in [-0.4, -0.2) is 33.7 Å². The van der Waals surface area contributed by atoms with Gasteiger partial charge in [0.2, 0.25) is 0 Å². The molecule has 0 aliphatic carbocycles. The molecule has 5 nitrogen and oxygen atoms in total. The van der Waals surface area contributed by atoms with Crippen LogP contribution >= 0.6 is 0 Å². The molecule has 0 bridgehead atoms. The van der Waals surface area contributed by atoms with Crippen molar-refractivity contribution in [3.05, 3.63) is 23.4 Å². The third-order valence-corrected chi connectivity index (χ3v) is 2.69. The van der Waals surface area contributed by atoms with Gasteiger partial charge in [0.05, 0.1) is 0 Å². The molecule has 88 valence electrons. The largest absolute Gasteiger partial charge is 0.384 e. The number of hydrogen-bond donors (Lipinski definition) is 2. The quantitative estimate of drug-likeness (QED) is 0.781. The van der Waals surface area contributed by atoms with Crippen LogP contribution in [0.2, 0.25) is 0 Å². The van der Waals surface area contributed by atoms with E-state index >= 15 is 0 Å². The van der Waals surface area contributed by atoms with Crippen LogP contribution < -0.4 is 11.1 Å². The number of amides is 1. The summed E-state index contributed by atoms with van der Waals surface area (Å²) in [6, 6.07) is 3.18. The number of nitrogen functional groups attached to an aromatic ring is 1. The maximum absolute atomic E-state index is 11.6. The maximum Gasteiger partial charge on any atom is 0.251 e. The van der Waals surface area contributed by atoms with Crippen LogP contribution in [0.3, 0.4) is 0 Å². The standard InChI is InChI=1S/C10H15N3O2S/c1-7-5-8(6-9(11)13-7)10(14)12-3-4-16(2)15/h5-6H,3-4H2,1-2H3,(H2,11,13)(H,12,14). The highest BCUT2D eigenvalue weighted by Gasteiger charge is 2.07. The molecule has 1 heterocycles. The zero-order valence-corrected chi connectivity index (χ0v) is 10.1. The Balaban J connectivity index is 2.62. The number of nitrogens with zero attached hydrogens (tertiary/aromatic N) is 1. The topological polar surface area (TPSA) is 85.1 Å². The van der Waals surface area contributed by atoms with Crippen molar-refractivity contribution in [1.29, 1.82) is 0 Å². The summed E-state index contributed by atoms with van der Waals surface area (Å²) >= 11 is 0. The van der Waals surface area contributed by atoms with E-state index < -0.39 is 10.8 Å². The number of pyridine rings is 1. The minimum atomic E-state index is -0.899. The number of aryl methyl sites for hydroxylation is 1. The molecule has 16 heavy (non-hydrogen) atoms. The van der Waals surface area contributed by atoms with Crippen molar-refractivity contribution in [1.82, 2.24) is 10.3 Å². The Labute approximate surface area is 96.9 Å². The van der Waals surface area contributed by atoms with E-state index in [0.29, 0.717) is 29.4 Å². The molecule has 1 rings (SSSR count). The number of carbonyl (C=O) groups excluding carboxylic acids is 1. The first-order chi connectivity index (χ1) is 7.49. The molecule has 0 radical (unpaired) electrons. The third-order valence-electron chi connectivity index (χ3n) is 1.91. The SMILES string of the molecule is Cc1cc(C(=O)NCCS(C)=O)cc(N)n1. The fourth-order valence-electron chi connectivity index (χ4n) is 1.24. The Hall–Kier alpha value is -1.43. The molecule has 0 saturated carbocycles. The van der Waals surface area contributed by atoms with Crippen LogP contribution in [0.1, 0.15) is 16.1 Å². The van der Waals surface area contributed by atoms with E-state index in [1.807, 2.05) is 0 Å². The summed E-state index contributed by atoms with van der Waals surface area (Å²) in [7, 11) is -0.899. The normalized spacial score (nSPS) is 12.1. The van der Waals surface area contributed by atoms with Gasteiger partial charge in [0.1, 0.15) is 5.82 Å². The van der Waals surface area contributed by atoms with Crippen molar-refractivity contribution in [2.75, 3.05) is 24.3 Å². The lowest BCUT2D eigenvalue weighted by Crippen LogP contribution is -2.27. The lowest BCUT2D eigenvalue weighted by atomic mass is 10.2. The average Bonchev–Trinajstić information content (AvgIpc) is 2.15. The second-order valence-corrected chi connectivity index (χ2v) is 5.01. The Bertz CT molecular complexity index is 400. The van der Waals surface area contributed by atoms with Crippen LogP contribution in [0.25, 0.3) is 0 Å². The molecule has 1 amide bonds. The van der Waals surface area contributed by atoms with Gasteiger partial charge in [-0.3, -0.25) is 9.00 Å². The Morgan fingerprint density at radius 2 is 2.25 bits per heavy atom. The Kier molecular flexibility index (Phi) is 4.42. The molecule has 0 saturated heterocycles. The summed E-state index contributed by atoms with van der Waals surface area (Å²) in [6.45, 7) is 2.16. The van der Waals surface area contributed by atoms with Gasteiger partial charge in [0.25, 0.3) is 5.91 Å². The molecule has 1 atom stereocenters. The van der Waals surface area contributed by atoms with Crippen molar-refractivity contribution in [2.45, 2.75) is 6.92 Å². The molecule has 1 aromatic heterocycles. The summed E-state index contributed by atoms with van der Waals surface area (Å²) in [5.41, 5.74) is 6.71. The van der Waals surface area contributed by atoms with Gasteiger partial charge >= 0.3 is 0 Å². The van der Waals surface area contributed by atoms with E-state index in [1.165, 1.54) is 6.07 Å².